The Kier molecular flexibility index (Phi) is 4.26. The van der Waals surface area contributed by atoms with Crippen LogP contribution in [-0.4, -0.2) is 13.3 Å². The Bertz CT molecular complexity index is 793. The lowest BCUT2D eigenvalue weighted by molar-refractivity contribution is -0.385. The van der Waals surface area contributed by atoms with E-state index < -0.39 is 31.3 Å². The highest BCUT2D eigenvalue weighted by molar-refractivity contribution is 9.10. The molecule has 7 nitrogen and oxygen atoms in total. The van der Waals surface area contributed by atoms with Gasteiger partial charge in [-0.3, -0.25) is 10.1 Å². The van der Waals surface area contributed by atoms with Gasteiger partial charge in [-0.25, -0.2) is 13.6 Å². The van der Waals surface area contributed by atoms with E-state index in [0.717, 1.165) is 12.1 Å². The predicted octanol–water partition coefficient (Wildman–Crippen LogP) is 2.80. The number of halogens is 1. The lowest BCUT2D eigenvalue weighted by Crippen LogP contribution is -2.14. The minimum absolute atomic E-state index is 0.207. The fourth-order valence-corrected chi connectivity index (χ4v) is 2.90. The zero-order valence-electron chi connectivity index (χ0n) is 10.4. The van der Waals surface area contributed by atoms with E-state index in [9.17, 15) is 18.5 Å². The fraction of sp³-hybridized carbons (Fsp3) is 0. The van der Waals surface area contributed by atoms with Crippen LogP contribution in [0.25, 0.3) is 0 Å². The summed E-state index contributed by atoms with van der Waals surface area (Å²) in [5, 5.41) is 16.2. The molecule has 2 N–H and O–H groups in total. The van der Waals surface area contributed by atoms with Gasteiger partial charge in [-0.2, -0.15) is 0 Å². The Balaban J connectivity index is 2.69. The Morgan fingerprint density at radius 2 is 1.81 bits per heavy atom. The van der Waals surface area contributed by atoms with Crippen molar-refractivity contribution in [2.75, 3.05) is 0 Å². The smallest absolute Gasteiger partial charge is 0.314 e. The molecular formula is C12H9BrN2O5S. The summed E-state index contributed by atoms with van der Waals surface area (Å²) in [6.07, 6.45) is 0. The molecule has 0 aliphatic heterocycles. The van der Waals surface area contributed by atoms with Gasteiger partial charge in [0.15, 0.2) is 0 Å². The first kappa shape index (κ1) is 15.4. The molecule has 0 unspecified atom stereocenters. The molecule has 0 saturated heterocycles. The van der Waals surface area contributed by atoms with Gasteiger partial charge in [0.25, 0.3) is 0 Å². The average molecular weight is 373 g/mol. The molecule has 0 aliphatic rings. The highest BCUT2D eigenvalue weighted by Gasteiger charge is 2.27. The van der Waals surface area contributed by atoms with E-state index in [1.165, 1.54) is 0 Å². The van der Waals surface area contributed by atoms with E-state index in [1.807, 2.05) is 0 Å². The zero-order chi connectivity index (χ0) is 15.6. The molecule has 0 spiro atoms. The topological polar surface area (TPSA) is 113 Å². The molecule has 0 fully saturated rings. The second-order valence-corrected chi connectivity index (χ2v) is 6.41. The van der Waals surface area contributed by atoms with E-state index in [2.05, 4.69) is 15.9 Å². The molecule has 0 bridgehead atoms. The standard InChI is InChI=1S/C12H9BrN2O5S/c13-8-6-10(15(16)17)12(11(7-8)21(14,18)19)20-9-4-2-1-3-5-9/h1-7H,(H2,14,18,19). The van der Waals surface area contributed by atoms with Crippen LogP contribution in [0.2, 0.25) is 0 Å². The first-order valence-corrected chi connectivity index (χ1v) is 7.86. The monoisotopic (exact) mass is 372 g/mol. The number of nitrogens with zero attached hydrogens (tertiary/aromatic N) is 1. The lowest BCUT2D eigenvalue weighted by Gasteiger charge is -2.10. The van der Waals surface area contributed by atoms with Crippen molar-refractivity contribution in [2.24, 2.45) is 5.14 Å². The van der Waals surface area contributed by atoms with E-state index in [4.69, 9.17) is 9.88 Å². The summed E-state index contributed by atoms with van der Waals surface area (Å²) in [6, 6.07) is 10.4. The van der Waals surface area contributed by atoms with E-state index in [-0.39, 0.29) is 10.2 Å². The molecule has 2 aromatic rings. The van der Waals surface area contributed by atoms with Gasteiger partial charge < -0.3 is 4.74 Å². The van der Waals surface area contributed by atoms with Gasteiger partial charge in [-0.1, -0.05) is 34.1 Å². The van der Waals surface area contributed by atoms with Gasteiger partial charge >= 0.3 is 5.69 Å². The second kappa shape index (κ2) is 5.80. The Morgan fingerprint density at radius 1 is 1.19 bits per heavy atom. The molecule has 0 amide bonds. The third-order valence-electron chi connectivity index (χ3n) is 2.47. The predicted molar refractivity (Wildman–Crippen MR) is 78.7 cm³/mol. The van der Waals surface area contributed by atoms with Crippen molar-refractivity contribution in [1.29, 1.82) is 0 Å². The van der Waals surface area contributed by atoms with Crippen molar-refractivity contribution in [3.63, 3.8) is 0 Å². The van der Waals surface area contributed by atoms with Crippen LogP contribution in [0, 0.1) is 10.1 Å². The second-order valence-electron chi connectivity index (χ2n) is 3.97. The van der Waals surface area contributed by atoms with Gasteiger partial charge in [-0.05, 0) is 18.2 Å². The van der Waals surface area contributed by atoms with Crippen LogP contribution in [-0.2, 0) is 10.0 Å². The third-order valence-corrected chi connectivity index (χ3v) is 3.84. The Morgan fingerprint density at radius 3 is 2.33 bits per heavy atom. The molecule has 2 rings (SSSR count). The summed E-state index contributed by atoms with van der Waals surface area (Å²) in [6.45, 7) is 0. The average Bonchev–Trinajstić information content (AvgIpc) is 2.40. The number of benzene rings is 2. The number of hydrogen-bond acceptors (Lipinski definition) is 5. The molecular weight excluding hydrogens is 364 g/mol. The number of nitro benzene ring substituents is 1. The van der Waals surface area contributed by atoms with E-state index in [1.54, 1.807) is 30.3 Å². The van der Waals surface area contributed by atoms with E-state index >= 15 is 0 Å². The molecule has 0 radical (unpaired) electrons. The number of para-hydroxylation sites is 1. The van der Waals surface area contributed by atoms with Crippen molar-refractivity contribution >= 4 is 31.6 Å². The van der Waals surface area contributed by atoms with Gasteiger partial charge in [0.2, 0.25) is 15.8 Å². The number of hydrogen-bond donors (Lipinski definition) is 1. The van der Waals surface area contributed by atoms with Crippen molar-refractivity contribution in [1.82, 2.24) is 0 Å². The summed E-state index contributed by atoms with van der Waals surface area (Å²) >= 11 is 3.01. The Labute approximate surface area is 128 Å². The number of primary sulfonamides is 1. The molecule has 0 heterocycles. The van der Waals surface area contributed by atoms with Crippen molar-refractivity contribution in [2.45, 2.75) is 4.90 Å². The quantitative estimate of drug-likeness (QED) is 0.654. The number of nitrogens with two attached hydrogens (primary N) is 1. The van der Waals surface area contributed by atoms with Crippen molar-refractivity contribution in [3.8, 4) is 11.5 Å². The van der Waals surface area contributed by atoms with Gasteiger partial charge in [0, 0.05) is 10.5 Å². The number of ether oxygens (including phenoxy) is 1. The SMILES string of the molecule is NS(=O)(=O)c1cc(Br)cc([N+](=O)[O-])c1Oc1ccccc1. The van der Waals surface area contributed by atoms with Crippen LogP contribution in [0.3, 0.4) is 0 Å². The van der Waals surface area contributed by atoms with Crippen LogP contribution in [0.5, 0.6) is 11.5 Å². The minimum Gasteiger partial charge on any atom is -0.449 e. The summed E-state index contributed by atoms with van der Waals surface area (Å²) in [5.41, 5.74) is -0.503. The molecule has 110 valence electrons. The van der Waals surface area contributed by atoms with Crippen molar-refractivity contribution in [3.05, 3.63) is 57.1 Å². The normalized spacial score (nSPS) is 11.1. The van der Waals surface area contributed by atoms with Crippen LogP contribution >= 0.6 is 15.9 Å². The highest BCUT2D eigenvalue weighted by Crippen LogP contribution is 2.39. The lowest BCUT2D eigenvalue weighted by atomic mass is 10.3. The van der Waals surface area contributed by atoms with Crippen LogP contribution < -0.4 is 9.88 Å². The maximum absolute atomic E-state index is 11.6. The molecule has 0 saturated carbocycles. The van der Waals surface area contributed by atoms with Crippen LogP contribution in [0.1, 0.15) is 0 Å². The number of rotatable bonds is 4. The minimum atomic E-state index is -4.19. The number of sulfonamides is 1. The molecule has 0 aromatic heterocycles. The van der Waals surface area contributed by atoms with Crippen LogP contribution in [0.15, 0.2) is 51.8 Å². The Hall–Kier alpha value is -1.97. The van der Waals surface area contributed by atoms with Gasteiger partial charge in [-0.15, -0.1) is 0 Å². The van der Waals surface area contributed by atoms with Gasteiger partial charge in [0.1, 0.15) is 10.6 Å². The highest BCUT2D eigenvalue weighted by atomic mass is 79.9. The largest absolute Gasteiger partial charge is 0.449 e. The van der Waals surface area contributed by atoms with Gasteiger partial charge in [0.05, 0.1) is 4.92 Å². The molecule has 21 heavy (non-hydrogen) atoms. The maximum atomic E-state index is 11.6. The molecule has 9 heteroatoms. The summed E-state index contributed by atoms with van der Waals surface area (Å²) in [4.78, 5) is 9.91. The molecule has 0 aliphatic carbocycles. The number of nitro groups is 1. The van der Waals surface area contributed by atoms with Crippen molar-refractivity contribution < 1.29 is 18.1 Å². The summed E-state index contributed by atoms with van der Waals surface area (Å²) in [5.74, 6) is -0.162. The third kappa shape index (κ3) is 3.57. The fourth-order valence-electron chi connectivity index (χ4n) is 1.61. The van der Waals surface area contributed by atoms with E-state index in [0.29, 0.717) is 0 Å². The zero-order valence-corrected chi connectivity index (χ0v) is 12.8. The first-order valence-electron chi connectivity index (χ1n) is 5.52. The molecule has 0 atom stereocenters. The summed E-state index contributed by atoms with van der Waals surface area (Å²) < 4.78 is 28.8. The first-order chi connectivity index (χ1) is 9.79. The summed E-state index contributed by atoms with van der Waals surface area (Å²) in [7, 11) is -4.19. The molecule has 2 aromatic carbocycles. The van der Waals surface area contributed by atoms with Crippen LogP contribution in [0.4, 0.5) is 5.69 Å². The maximum Gasteiger partial charge on any atom is 0.314 e.